The third-order valence-electron chi connectivity index (χ3n) is 2.06. The Hall–Kier alpha value is -1.87. The van der Waals surface area contributed by atoms with Gasteiger partial charge in [-0.1, -0.05) is 0 Å². The van der Waals surface area contributed by atoms with E-state index in [1.165, 1.54) is 6.20 Å². The fraction of sp³-hybridized carbons (Fsp3) is 0.100. The molecule has 0 unspecified atom stereocenters. The molecule has 2 rings (SSSR count). The summed E-state index contributed by atoms with van der Waals surface area (Å²) >= 11 is 3.33. The Morgan fingerprint density at radius 2 is 2.31 bits per heavy atom. The van der Waals surface area contributed by atoms with Gasteiger partial charge in [-0.05, 0) is 22.0 Å². The first-order chi connectivity index (χ1) is 7.69. The quantitative estimate of drug-likeness (QED) is 0.903. The lowest BCUT2D eigenvalue weighted by Gasteiger charge is -2.05. The molecule has 2 N–H and O–H groups in total. The standard InChI is InChI=1S/C10H8BrN5/c11-9-1-8(10(13)14-4-9)6-16-5-7(2-12)3-15-16/h1,3-5H,6H2,(H2,13,14). The summed E-state index contributed by atoms with van der Waals surface area (Å²) in [5.74, 6) is 0.470. The molecule has 0 aromatic carbocycles. The number of pyridine rings is 1. The van der Waals surface area contributed by atoms with Crippen LogP contribution in [0.15, 0.2) is 29.1 Å². The summed E-state index contributed by atoms with van der Waals surface area (Å²) in [6.07, 6.45) is 4.82. The molecule has 2 aromatic rings. The first-order valence-electron chi connectivity index (χ1n) is 4.51. The molecule has 0 fully saturated rings. The Morgan fingerprint density at radius 3 is 3.00 bits per heavy atom. The van der Waals surface area contributed by atoms with Crippen LogP contribution < -0.4 is 5.73 Å². The van der Waals surface area contributed by atoms with Crippen LogP contribution in [0.5, 0.6) is 0 Å². The summed E-state index contributed by atoms with van der Waals surface area (Å²) in [5.41, 5.74) is 7.13. The highest BCUT2D eigenvalue weighted by Crippen LogP contribution is 2.16. The van der Waals surface area contributed by atoms with Crippen molar-refractivity contribution in [3.8, 4) is 6.07 Å². The van der Waals surface area contributed by atoms with E-state index in [-0.39, 0.29) is 0 Å². The third-order valence-corrected chi connectivity index (χ3v) is 2.50. The molecule has 16 heavy (non-hydrogen) atoms. The molecular formula is C10H8BrN5. The topological polar surface area (TPSA) is 80.5 Å². The Kier molecular flexibility index (Phi) is 2.88. The second-order valence-corrected chi connectivity index (χ2v) is 4.15. The van der Waals surface area contributed by atoms with E-state index in [4.69, 9.17) is 11.0 Å². The van der Waals surface area contributed by atoms with Crippen LogP contribution in [0.3, 0.4) is 0 Å². The maximum atomic E-state index is 8.67. The highest BCUT2D eigenvalue weighted by molar-refractivity contribution is 9.10. The van der Waals surface area contributed by atoms with Gasteiger partial charge in [0.1, 0.15) is 11.9 Å². The number of nitrogens with two attached hydrogens (primary N) is 1. The van der Waals surface area contributed by atoms with E-state index in [1.54, 1.807) is 17.1 Å². The van der Waals surface area contributed by atoms with Crippen molar-refractivity contribution in [1.29, 1.82) is 5.26 Å². The van der Waals surface area contributed by atoms with Crippen LogP contribution >= 0.6 is 15.9 Å². The summed E-state index contributed by atoms with van der Waals surface area (Å²) in [6.45, 7) is 0.500. The van der Waals surface area contributed by atoms with Crippen molar-refractivity contribution in [2.75, 3.05) is 5.73 Å². The van der Waals surface area contributed by atoms with Crippen LogP contribution in [0.2, 0.25) is 0 Å². The molecule has 0 saturated heterocycles. The third kappa shape index (κ3) is 2.20. The monoisotopic (exact) mass is 277 g/mol. The predicted molar refractivity (Wildman–Crippen MR) is 62.4 cm³/mol. The summed E-state index contributed by atoms with van der Waals surface area (Å²) in [4.78, 5) is 4.03. The van der Waals surface area contributed by atoms with Crippen LogP contribution in [0.25, 0.3) is 0 Å². The van der Waals surface area contributed by atoms with Crippen molar-refractivity contribution in [1.82, 2.24) is 14.8 Å². The van der Waals surface area contributed by atoms with Gasteiger partial charge in [-0.15, -0.1) is 0 Å². The maximum Gasteiger partial charge on any atom is 0.128 e. The minimum atomic E-state index is 0.470. The number of nitrogen functional groups attached to an aromatic ring is 1. The van der Waals surface area contributed by atoms with Crippen LogP contribution in [-0.4, -0.2) is 14.8 Å². The molecule has 80 valence electrons. The van der Waals surface area contributed by atoms with E-state index >= 15 is 0 Å². The average Bonchev–Trinajstić information content (AvgIpc) is 2.71. The van der Waals surface area contributed by atoms with Gasteiger partial charge in [0.05, 0.1) is 18.3 Å². The van der Waals surface area contributed by atoms with Gasteiger partial charge >= 0.3 is 0 Å². The van der Waals surface area contributed by atoms with Crippen molar-refractivity contribution in [3.63, 3.8) is 0 Å². The van der Waals surface area contributed by atoms with Gasteiger partial charge < -0.3 is 5.73 Å². The SMILES string of the molecule is N#Cc1cnn(Cc2cc(Br)cnc2N)c1. The van der Waals surface area contributed by atoms with Gasteiger partial charge in [-0.2, -0.15) is 10.4 Å². The van der Waals surface area contributed by atoms with Crippen LogP contribution in [0.1, 0.15) is 11.1 Å². The average molecular weight is 278 g/mol. The lowest BCUT2D eigenvalue weighted by molar-refractivity contribution is 0.686. The fourth-order valence-corrected chi connectivity index (χ4v) is 1.68. The largest absolute Gasteiger partial charge is 0.383 e. The molecule has 2 aromatic heterocycles. The smallest absolute Gasteiger partial charge is 0.128 e. The molecule has 0 amide bonds. The van der Waals surface area contributed by atoms with E-state index in [9.17, 15) is 0 Å². The Labute approximate surface area is 101 Å². The Bertz CT molecular complexity index is 555. The zero-order chi connectivity index (χ0) is 11.5. The summed E-state index contributed by atoms with van der Waals surface area (Å²) in [7, 11) is 0. The first kappa shape index (κ1) is 10.6. The Balaban J connectivity index is 2.27. The molecule has 0 saturated carbocycles. The second-order valence-electron chi connectivity index (χ2n) is 3.24. The van der Waals surface area contributed by atoms with Gasteiger partial charge in [0.2, 0.25) is 0 Å². The van der Waals surface area contributed by atoms with Crippen molar-refractivity contribution in [2.24, 2.45) is 0 Å². The van der Waals surface area contributed by atoms with E-state index in [2.05, 4.69) is 26.0 Å². The number of rotatable bonds is 2. The highest BCUT2D eigenvalue weighted by atomic mass is 79.9. The molecule has 2 heterocycles. The van der Waals surface area contributed by atoms with Gasteiger partial charge in [-0.25, -0.2) is 4.98 Å². The Morgan fingerprint density at radius 1 is 1.50 bits per heavy atom. The summed E-state index contributed by atoms with van der Waals surface area (Å²) in [6, 6.07) is 3.90. The predicted octanol–water partition coefficient (Wildman–Crippen LogP) is 1.54. The maximum absolute atomic E-state index is 8.67. The molecule has 0 bridgehead atoms. The minimum absolute atomic E-state index is 0.470. The van der Waals surface area contributed by atoms with E-state index in [0.29, 0.717) is 17.9 Å². The molecular weight excluding hydrogens is 270 g/mol. The normalized spacial score (nSPS) is 10.0. The molecule has 5 nitrogen and oxygen atoms in total. The fourth-order valence-electron chi connectivity index (χ4n) is 1.30. The van der Waals surface area contributed by atoms with Crippen molar-refractivity contribution in [2.45, 2.75) is 6.54 Å². The van der Waals surface area contributed by atoms with Gasteiger partial charge in [0.15, 0.2) is 0 Å². The lowest BCUT2D eigenvalue weighted by atomic mass is 10.2. The molecule has 0 aliphatic carbocycles. The molecule has 0 atom stereocenters. The zero-order valence-corrected chi connectivity index (χ0v) is 9.85. The van der Waals surface area contributed by atoms with Crippen LogP contribution in [0.4, 0.5) is 5.82 Å². The van der Waals surface area contributed by atoms with Crippen molar-refractivity contribution in [3.05, 3.63) is 40.3 Å². The van der Waals surface area contributed by atoms with Crippen molar-refractivity contribution >= 4 is 21.7 Å². The number of hydrogen-bond donors (Lipinski definition) is 1. The number of nitrogens with zero attached hydrogens (tertiary/aromatic N) is 4. The number of nitriles is 1. The highest BCUT2D eigenvalue weighted by Gasteiger charge is 2.04. The molecule has 0 spiro atoms. The molecule has 6 heteroatoms. The summed E-state index contributed by atoms with van der Waals surface area (Å²) in [5, 5.41) is 12.7. The zero-order valence-electron chi connectivity index (χ0n) is 8.26. The van der Waals surface area contributed by atoms with Gasteiger partial charge in [-0.3, -0.25) is 4.68 Å². The lowest BCUT2D eigenvalue weighted by Crippen LogP contribution is -2.04. The number of aromatic nitrogens is 3. The van der Waals surface area contributed by atoms with E-state index in [0.717, 1.165) is 10.0 Å². The minimum Gasteiger partial charge on any atom is -0.383 e. The number of anilines is 1. The first-order valence-corrected chi connectivity index (χ1v) is 5.31. The summed E-state index contributed by atoms with van der Waals surface area (Å²) < 4.78 is 2.52. The molecule has 0 radical (unpaired) electrons. The van der Waals surface area contributed by atoms with Crippen molar-refractivity contribution < 1.29 is 0 Å². The number of hydrogen-bond acceptors (Lipinski definition) is 4. The van der Waals surface area contributed by atoms with E-state index in [1.807, 2.05) is 12.1 Å². The second kappa shape index (κ2) is 4.33. The van der Waals surface area contributed by atoms with Gasteiger partial charge in [0, 0.05) is 22.4 Å². The number of halogens is 1. The van der Waals surface area contributed by atoms with E-state index < -0.39 is 0 Å². The van der Waals surface area contributed by atoms with Crippen LogP contribution in [-0.2, 0) is 6.54 Å². The van der Waals surface area contributed by atoms with Crippen LogP contribution in [0, 0.1) is 11.3 Å². The molecule has 0 aliphatic rings. The molecule has 0 aliphatic heterocycles. The van der Waals surface area contributed by atoms with Gasteiger partial charge in [0.25, 0.3) is 0 Å².